The highest BCUT2D eigenvalue weighted by atomic mass is 35.5. The third-order valence-corrected chi connectivity index (χ3v) is 4.55. The highest BCUT2D eigenvalue weighted by Crippen LogP contribution is 2.43. The number of nitrogens with zero attached hydrogens (tertiary/aromatic N) is 1. The number of hydrazone groups is 1. The van der Waals surface area contributed by atoms with E-state index in [1.807, 2.05) is 0 Å². The van der Waals surface area contributed by atoms with Crippen LogP contribution >= 0.6 is 46.6 Å². The van der Waals surface area contributed by atoms with Gasteiger partial charge in [-0.25, -0.2) is 10.2 Å². The molecule has 0 bridgehead atoms. The van der Waals surface area contributed by atoms with Gasteiger partial charge in [-0.3, -0.25) is 0 Å². The van der Waals surface area contributed by atoms with E-state index >= 15 is 0 Å². The van der Waals surface area contributed by atoms with Gasteiger partial charge < -0.3 is 5.73 Å². The molecule has 0 fully saturated rings. The van der Waals surface area contributed by atoms with Gasteiger partial charge in [0.1, 0.15) is 0 Å². The number of amides is 2. The Balaban J connectivity index is 2.37. The Morgan fingerprint density at radius 1 is 1.42 bits per heavy atom. The number of urea groups is 1. The summed E-state index contributed by atoms with van der Waals surface area (Å²) in [5, 5.41) is 5.28. The number of thioether (sulfide) groups is 1. The number of halogens is 3. The van der Waals surface area contributed by atoms with Crippen molar-refractivity contribution < 1.29 is 4.79 Å². The maximum Gasteiger partial charge on any atom is 0.332 e. The van der Waals surface area contributed by atoms with Crippen molar-refractivity contribution >= 4 is 63.8 Å². The smallest absolute Gasteiger partial charge is 0.332 e. The van der Waals surface area contributed by atoms with Crippen molar-refractivity contribution in [1.29, 1.82) is 0 Å². The summed E-state index contributed by atoms with van der Waals surface area (Å²) in [6.07, 6.45) is 1.46. The molecule has 2 rings (SSSR count). The minimum atomic E-state index is -0.733. The monoisotopic (exact) mass is 335 g/mol. The van der Waals surface area contributed by atoms with Crippen LogP contribution in [-0.4, -0.2) is 18.0 Å². The lowest BCUT2D eigenvalue weighted by Crippen LogP contribution is -2.24. The summed E-state index contributed by atoms with van der Waals surface area (Å²) in [5.74, 6) is 0.594. The summed E-state index contributed by atoms with van der Waals surface area (Å²) in [5.41, 5.74) is 8.54. The van der Waals surface area contributed by atoms with Crippen LogP contribution in [0.1, 0.15) is 5.56 Å². The molecule has 0 aromatic heterocycles. The molecular weight excluding hydrogens is 329 g/mol. The lowest BCUT2D eigenvalue weighted by Gasteiger charge is -2.18. The number of primary amides is 1. The summed E-state index contributed by atoms with van der Waals surface area (Å²) < 4.78 is 0. The first-order valence-electron chi connectivity index (χ1n) is 5.08. The van der Waals surface area contributed by atoms with Crippen LogP contribution in [0.3, 0.4) is 0 Å². The summed E-state index contributed by atoms with van der Waals surface area (Å²) in [6.45, 7) is 0. The number of nitrogens with two attached hydrogens (primary N) is 1. The maximum absolute atomic E-state index is 10.5. The number of carbonyl (C=O) groups is 1. The van der Waals surface area contributed by atoms with E-state index in [2.05, 4.69) is 10.5 Å². The van der Waals surface area contributed by atoms with Gasteiger partial charge in [0.05, 0.1) is 16.3 Å². The first-order valence-corrected chi connectivity index (χ1v) is 7.20. The van der Waals surface area contributed by atoms with Gasteiger partial charge in [0, 0.05) is 26.8 Å². The Bertz CT molecular complexity index is 601. The van der Waals surface area contributed by atoms with E-state index in [0.29, 0.717) is 20.8 Å². The standard InChI is InChI=1S/C11H8Cl3N3OS/c12-6-1-7-9(14)5(3-16-17-11(15)18)4-19-10(7)8(13)2-6/h1-3H,4H2,(H3,15,17,18)/b16-3+. The molecule has 2 amide bonds. The summed E-state index contributed by atoms with van der Waals surface area (Å²) >= 11 is 19.9. The van der Waals surface area contributed by atoms with E-state index in [9.17, 15) is 4.79 Å². The number of benzene rings is 1. The fourth-order valence-electron chi connectivity index (χ4n) is 1.52. The van der Waals surface area contributed by atoms with Gasteiger partial charge in [0.15, 0.2) is 0 Å². The zero-order valence-electron chi connectivity index (χ0n) is 9.41. The highest BCUT2D eigenvalue weighted by molar-refractivity contribution is 7.99. The van der Waals surface area contributed by atoms with Crippen LogP contribution in [0, 0.1) is 0 Å². The van der Waals surface area contributed by atoms with Crippen LogP contribution in [0.15, 0.2) is 27.7 Å². The zero-order valence-corrected chi connectivity index (χ0v) is 12.5. The summed E-state index contributed by atoms with van der Waals surface area (Å²) in [4.78, 5) is 11.4. The lowest BCUT2D eigenvalue weighted by molar-refractivity contribution is 0.249. The molecule has 4 nitrogen and oxygen atoms in total. The molecule has 1 heterocycles. The van der Waals surface area contributed by atoms with Crippen LogP contribution in [-0.2, 0) is 0 Å². The Hall–Kier alpha value is -0.880. The Morgan fingerprint density at radius 2 is 2.16 bits per heavy atom. The van der Waals surface area contributed by atoms with Crippen LogP contribution < -0.4 is 11.2 Å². The molecular formula is C11H8Cl3N3OS. The van der Waals surface area contributed by atoms with Crippen molar-refractivity contribution in [3.8, 4) is 0 Å². The minimum Gasteiger partial charge on any atom is -0.350 e. The van der Waals surface area contributed by atoms with Crippen LogP contribution in [0.5, 0.6) is 0 Å². The molecule has 0 saturated carbocycles. The number of rotatable bonds is 2. The van der Waals surface area contributed by atoms with E-state index in [0.717, 1.165) is 16.0 Å². The van der Waals surface area contributed by atoms with Gasteiger partial charge in [0.2, 0.25) is 0 Å². The number of hydrogen-bond donors (Lipinski definition) is 2. The Kier molecular flexibility index (Phi) is 4.62. The average Bonchev–Trinajstić information content (AvgIpc) is 2.32. The van der Waals surface area contributed by atoms with Crippen molar-refractivity contribution in [2.24, 2.45) is 10.8 Å². The van der Waals surface area contributed by atoms with E-state index in [1.54, 1.807) is 12.1 Å². The first kappa shape index (κ1) is 14.5. The predicted octanol–water partition coefficient (Wildman–Crippen LogP) is 3.70. The molecule has 8 heteroatoms. The van der Waals surface area contributed by atoms with Crippen molar-refractivity contribution in [2.45, 2.75) is 4.90 Å². The molecule has 0 unspecified atom stereocenters. The zero-order chi connectivity index (χ0) is 14.0. The molecule has 1 aromatic rings. The van der Waals surface area contributed by atoms with Gasteiger partial charge in [-0.2, -0.15) is 5.10 Å². The van der Waals surface area contributed by atoms with Gasteiger partial charge in [-0.1, -0.05) is 34.8 Å². The van der Waals surface area contributed by atoms with Crippen molar-refractivity contribution in [3.63, 3.8) is 0 Å². The first-order chi connectivity index (χ1) is 8.99. The number of fused-ring (bicyclic) bond motifs is 1. The number of carbonyl (C=O) groups excluding carboxylic acids is 1. The molecule has 0 saturated heterocycles. The SMILES string of the molecule is NC(=O)N/N=C/C1=C(Cl)c2cc(Cl)cc(Cl)c2SC1. The average molecular weight is 337 g/mol. The van der Waals surface area contributed by atoms with Crippen LogP contribution in [0.25, 0.3) is 5.03 Å². The molecule has 3 N–H and O–H groups in total. The second-order valence-corrected chi connectivity index (χ2v) is 5.83. The van der Waals surface area contributed by atoms with Gasteiger partial charge >= 0.3 is 6.03 Å². The summed E-state index contributed by atoms with van der Waals surface area (Å²) in [6, 6.07) is 2.68. The molecule has 1 aliphatic heterocycles. The number of hydrogen-bond acceptors (Lipinski definition) is 3. The van der Waals surface area contributed by atoms with Crippen molar-refractivity contribution in [3.05, 3.63) is 33.3 Å². The van der Waals surface area contributed by atoms with E-state index in [-0.39, 0.29) is 0 Å². The molecule has 1 aromatic carbocycles. The molecule has 19 heavy (non-hydrogen) atoms. The number of nitrogens with one attached hydrogen (secondary N) is 1. The molecule has 0 spiro atoms. The summed E-state index contributed by atoms with van der Waals surface area (Å²) in [7, 11) is 0. The molecule has 100 valence electrons. The third-order valence-electron chi connectivity index (χ3n) is 2.29. The fourth-order valence-corrected chi connectivity index (χ4v) is 3.61. The fraction of sp³-hybridized carbons (Fsp3) is 0.0909. The van der Waals surface area contributed by atoms with Gasteiger partial charge in [-0.05, 0) is 12.1 Å². The molecule has 0 radical (unpaired) electrons. The van der Waals surface area contributed by atoms with Gasteiger partial charge in [-0.15, -0.1) is 11.8 Å². The Labute approximate surface area is 129 Å². The van der Waals surface area contributed by atoms with E-state index in [4.69, 9.17) is 40.5 Å². The predicted molar refractivity (Wildman–Crippen MR) is 81.2 cm³/mol. The quantitative estimate of drug-likeness (QED) is 0.638. The molecule has 0 atom stereocenters. The van der Waals surface area contributed by atoms with Crippen LogP contribution in [0.4, 0.5) is 4.79 Å². The second kappa shape index (κ2) is 6.05. The van der Waals surface area contributed by atoms with Crippen LogP contribution in [0.2, 0.25) is 10.0 Å². The second-order valence-electron chi connectivity index (χ2n) is 3.63. The topological polar surface area (TPSA) is 67.5 Å². The van der Waals surface area contributed by atoms with E-state index in [1.165, 1.54) is 18.0 Å². The highest BCUT2D eigenvalue weighted by Gasteiger charge is 2.20. The molecule has 0 aliphatic carbocycles. The minimum absolute atomic E-state index is 0.508. The van der Waals surface area contributed by atoms with Crippen molar-refractivity contribution in [2.75, 3.05) is 5.75 Å². The lowest BCUT2D eigenvalue weighted by atomic mass is 10.1. The van der Waals surface area contributed by atoms with Gasteiger partial charge in [0.25, 0.3) is 0 Å². The maximum atomic E-state index is 10.5. The third kappa shape index (κ3) is 3.36. The normalized spacial score (nSPS) is 14.7. The van der Waals surface area contributed by atoms with E-state index < -0.39 is 6.03 Å². The largest absolute Gasteiger partial charge is 0.350 e. The van der Waals surface area contributed by atoms with Crippen molar-refractivity contribution in [1.82, 2.24) is 5.43 Å². The molecule has 1 aliphatic rings. The Morgan fingerprint density at radius 3 is 2.84 bits per heavy atom.